The minimum atomic E-state index is -0.875. The van der Waals surface area contributed by atoms with E-state index in [0.717, 1.165) is 16.3 Å². The number of hydrogen-bond donors (Lipinski definition) is 0. The molecule has 0 aliphatic carbocycles. The van der Waals surface area contributed by atoms with E-state index in [9.17, 15) is 9.59 Å². The van der Waals surface area contributed by atoms with Gasteiger partial charge in [-0.1, -0.05) is 60.7 Å². The molecule has 4 aromatic rings. The van der Waals surface area contributed by atoms with E-state index < -0.39 is 12.1 Å². The Morgan fingerprint density at radius 1 is 0.900 bits per heavy atom. The predicted octanol–water partition coefficient (Wildman–Crippen LogP) is 4.69. The first-order valence-corrected chi connectivity index (χ1v) is 9.76. The van der Waals surface area contributed by atoms with Crippen LogP contribution in [0, 0.1) is 0 Å². The van der Waals surface area contributed by atoms with Gasteiger partial charge in [-0.2, -0.15) is 0 Å². The van der Waals surface area contributed by atoms with Crippen molar-refractivity contribution in [1.29, 1.82) is 0 Å². The summed E-state index contributed by atoms with van der Waals surface area (Å²) in [5.41, 5.74) is 2.71. The molecule has 0 bridgehead atoms. The maximum atomic E-state index is 13.0. The topological polar surface area (TPSA) is 59.5 Å². The number of carbonyl (C=O) groups is 2. The van der Waals surface area contributed by atoms with E-state index in [-0.39, 0.29) is 5.91 Å². The van der Waals surface area contributed by atoms with Crippen molar-refractivity contribution in [3.8, 4) is 11.3 Å². The maximum Gasteiger partial charge on any atom is 0.339 e. The second-order valence-electron chi connectivity index (χ2n) is 7.38. The SMILES string of the molecule is C[C@@H](OC(=O)c1cc(-c2cccc3ccccc23)nc2ccccc12)C(=O)N(C)C. The Bertz CT molecular complexity index is 1260. The second-order valence-corrected chi connectivity index (χ2v) is 7.38. The highest BCUT2D eigenvalue weighted by molar-refractivity contribution is 6.06. The van der Waals surface area contributed by atoms with Crippen LogP contribution in [-0.4, -0.2) is 42.0 Å². The van der Waals surface area contributed by atoms with Crippen LogP contribution in [0.1, 0.15) is 17.3 Å². The number of carbonyl (C=O) groups excluding carboxylic acids is 2. The van der Waals surface area contributed by atoms with Crippen molar-refractivity contribution in [2.24, 2.45) is 0 Å². The summed E-state index contributed by atoms with van der Waals surface area (Å²) in [7, 11) is 3.26. The number of ether oxygens (including phenoxy) is 1. The molecule has 3 aromatic carbocycles. The van der Waals surface area contributed by atoms with Gasteiger partial charge in [0.15, 0.2) is 6.10 Å². The monoisotopic (exact) mass is 398 g/mol. The Morgan fingerprint density at radius 3 is 2.33 bits per heavy atom. The van der Waals surface area contributed by atoms with Gasteiger partial charge in [0.2, 0.25) is 0 Å². The minimum absolute atomic E-state index is 0.268. The van der Waals surface area contributed by atoms with Gasteiger partial charge in [-0.05, 0) is 29.8 Å². The van der Waals surface area contributed by atoms with Gasteiger partial charge in [0.05, 0.1) is 16.8 Å². The van der Waals surface area contributed by atoms with Crippen molar-refractivity contribution in [3.63, 3.8) is 0 Å². The van der Waals surface area contributed by atoms with E-state index in [4.69, 9.17) is 9.72 Å². The molecule has 150 valence electrons. The van der Waals surface area contributed by atoms with Gasteiger partial charge in [0.1, 0.15) is 0 Å². The number of likely N-dealkylation sites (N-methyl/N-ethyl adjacent to an activating group) is 1. The lowest BCUT2D eigenvalue weighted by molar-refractivity contribution is -0.137. The molecular weight excluding hydrogens is 376 g/mol. The molecule has 0 aliphatic heterocycles. The molecule has 5 heteroatoms. The number of benzene rings is 3. The summed E-state index contributed by atoms with van der Waals surface area (Å²) in [5.74, 6) is -0.811. The van der Waals surface area contributed by atoms with Crippen LogP contribution in [-0.2, 0) is 9.53 Å². The molecule has 30 heavy (non-hydrogen) atoms. The molecule has 1 amide bonds. The van der Waals surface area contributed by atoms with Crippen molar-refractivity contribution in [1.82, 2.24) is 9.88 Å². The van der Waals surface area contributed by atoms with Crippen LogP contribution in [0.5, 0.6) is 0 Å². The van der Waals surface area contributed by atoms with Gasteiger partial charge >= 0.3 is 5.97 Å². The summed E-state index contributed by atoms with van der Waals surface area (Å²) in [6.07, 6.45) is -0.875. The molecular formula is C25H22N2O3. The third kappa shape index (κ3) is 3.62. The molecule has 1 atom stereocenters. The van der Waals surface area contributed by atoms with Crippen LogP contribution in [0.15, 0.2) is 72.8 Å². The van der Waals surface area contributed by atoms with E-state index in [1.54, 1.807) is 27.1 Å². The van der Waals surface area contributed by atoms with Gasteiger partial charge in [0.25, 0.3) is 5.91 Å². The van der Waals surface area contributed by atoms with Crippen molar-refractivity contribution < 1.29 is 14.3 Å². The standard InChI is InChI=1S/C25H22N2O3/c1-16(24(28)27(2)3)30-25(29)21-15-23(26-22-14-7-6-12-20(21)22)19-13-8-10-17-9-4-5-11-18(17)19/h4-16H,1-3H3/t16-/m1/s1. The minimum Gasteiger partial charge on any atom is -0.449 e. The lowest BCUT2D eigenvalue weighted by atomic mass is 9.99. The number of nitrogens with zero attached hydrogens (tertiary/aromatic N) is 2. The first-order valence-electron chi connectivity index (χ1n) is 9.76. The van der Waals surface area contributed by atoms with Gasteiger partial charge in [-0.15, -0.1) is 0 Å². The highest BCUT2D eigenvalue weighted by Gasteiger charge is 2.22. The van der Waals surface area contributed by atoms with Crippen LogP contribution < -0.4 is 0 Å². The Kier molecular flexibility index (Phi) is 5.19. The normalized spacial score (nSPS) is 12.0. The quantitative estimate of drug-likeness (QED) is 0.468. The third-order valence-corrected chi connectivity index (χ3v) is 5.07. The molecule has 0 saturated carbocycles. The van der Waals surface area contributed by atoms with E-state index >= 15 is 0 Å². The van der Waals surface area contributed by atoms with E-state index in [2.05, 4.69) is 0 Å². The molecule has 0 unspecified atom stereocenters. The van der Waals surface area contributed by atoms with Crippen molar-refractivity contribution in [3.05, 3.63) is 78.4 Å². The Labute approximate surface area is 174 Å². The second kappa shape index (κ2) is 7.95. The third-order valence-electron chi connectivity index (χ3n) is 5.07. The smallest absolute Gasteiger partial charge is 0.339 e. The zero-order chi connectivity index (χ0) is 21.3. The number of aromatic nitrogens is 1. The number of rotatable bonds is 4. The number of amides is 1. The number of hydrogen-bond acceptors (Lipinski definition) is 4. The average Bonchev–Trinajstić information content (AvgIpc) is 2.77. The number of pyridine rings is 1. The largest absolute Gasteiger partial charge is 0.449 e. The Hall–Kier alpha value is -3.73. The lowest BCUT2D eigenvalue weighted by Gasteiger charge is -2.18. The number of esters is 1. The van der Waals surface area contributed by atoms with E-state index in [1.165, 1.54) is 4.90 Å². The fourth-order valence-electron chi connectivity index (χ4n) is 3.57. The molecule has 0 N–H and O–H groups in total. The summed E-state index contributed by atoms with van der Waals surface area (Å²) >= 11 is 0. The van der Waals surface area contributed by atoms with E-state index in [1.807, 2.05) is 66.7 Å². The fraction of sp³-hybridized carbons (Fsp3) is 0.160. The summed E-state index contributed by atoms with van der Waals surface area (Å²) in [4.78, 5) is 31.4. The molecule has 0 fully saturated rings. The van der Waals surface area contributed by atoms with Crippen LogP contribution >= 0.6 is 0 Å². The molecule has 0 aliphatic rings. The molecule has 0 spiro atoms. The van der Waals surface area contributed by atoms with Gasteiger partial charge in [-0.25, -0.2) is 9.78 Å². The zero-order valence-electron chi connectivity index (χ0n) is 17.1. The van der Waals surface area contributed by atoms with Crippen LogP contribution in [0.4, 0.5) is 0 Å². The molecule has 1 heterocycles. The predicted molar refractivity (Wildman–Crippen MR) is 118 cm³/mol. The molecule has 0 radical (unpaired) electrons. The van der Waals surface area contributed by atoms with Crippen LogP contribution in [0.25, 0.3) is 32.9 Å². The summed E-state index contributed by atoms with van der Waals surface area (Å²) in [6.45, 7) is 1.58. The van der Waals surface area contributed by atoms with E-state index in [0.29, 0.717) is 22.2 Å². The highest BCUT2D eigenvalue weighted by Crippen LogP contribution is 2.30. The summed E-state index contributed by atoms with van der Waals surface area (Å²) in [6, 6.07) is 23.3. The van der Waals surface area contributed by atoms with Crippen molar-refractivity contribution >= 4 is 33.6 Å². The summed E-state index contributed by atoms with van der Waals surface area (Å²) in [5, 5.41) is 2.84. The molecule has 1 aromatic heterocycles. The lowest BCUT2D eigenvalue weighted by Crippen LogP contribution is -2.34. The maximum absolute atomic E-state index is 13.0. The molecule has 0 saturated heterocycles. The molecule has 4 rings (SSSR count). The van der Waals surface area contributed by atoms with Crippen LogP contribution in [0.2, 0.25) is 0 Å². The average molecular weight is 398 g/mol. The van der Waals surface area contributed by atoms with Crippen molar-refractivity contribution in [2.75, 3.05) is 14.1 Å². The summed E-state index contributed by atoms with van der Waals surface area (Å²) < 4.78 is 5.49. The first-order chi connectivity index (χ1) is 14.5. The number of fused-ring (bicyclic) bond motifs is 2. The molecule has 5 nitrogen and oxygen atoms in total. The van der Waals surface area contributed by atoms with Crippen molar-refractivity contribution in [2.45, 2.75) is 13.0 Å². The van der Waals surface area contributed by atoms with Gasteiger partial charge < -0.3 is 9.64 Å². The van der Waals surface area contributed by atoms with Gasteiger partial charge in [-0.3, -0.25) is 4.79 Å². The zero-order valence-corrected chi connectivity index (χ0v) is 17.1. The first kappa shape index (κ1) is 19.6. The number of para-hydroxylation sites is 1. The highest BCUT2D eigenvalue weighted by atomic mass is 16.5. The Balaban J connectivity index is 1.84. The van der Waals surface area contributed by atoms with Gasteiger partial charge in [0, 0.05) is 25.0 Å². The van der Waals surface area contributed by atoms with Crippen LogP contribution in [0.3, 0.4) is 0 Å². The Morgan fingerprint density at radius 2 is 1.57 bits per heavy atom. The fourth-order valence-corrected chi connectivity index (χ4v) is 3.57.